The van der Waals surface area contributed by atoms with Crippen LogP contribution in [0.25, 0.3) is 0 Å². The highest BCUT2D eigenvalue weighted by Gasteiger charge is 2.38. The lowest BCUT2D eigenvalue weighted by molar-refractivity contribution is -0.136. The third-order valence-electron chi connectivity index (χ3n) is 6.18. The van der Waals surface area contributed by atoms with E-state index in [9.17, 15) is 4.79 Å². The van der Waals surface area contributed by atoms with Gasteiger partial charge in [-0.05, 0) is 38.5 Å². The Bertz CT molecular complexity index is 631. The van der Waals surface area contributed by atoms with Crippen LogP contribution in [0.3, 0.4) is 0 Å². The summed E-state index contributed by atoms with van der Waals surface area (Å²) in [6, 6.07) is 3.20. The number of likely N-dealkylation sites (tertiary alicyclic amines) is 1. The van der Waals surface area contributed by atoms with Crippen LogP contribution < -0.4 is 9.80 Å². The molecule has 142 valence electrons. The average Bonchev–Trinajstić information content (AvgIpc) is 3.33. The molecule has 3 fully saturated rings. The SMILES string of the molecule is CN(C)c1cc(N(C2CC2)C2CCN(C(=O)C3CCCC3)CC2)ncn1. The maximum absolute atomic E-state index is 12.7. The van der Waals surface area contributed by atoms with Crippen molar-refractivity contribution in [1.82, 2.24) is 14.9 Å². The van der Waals surface area contributed by atoms with Crippen molar-refractivity contribution in [3.8, 4) is 0 Å². The number of anilines is 2. The minimum absolute atomic E-state index is 0.301. The minimum Gasteiger partial charge on any atom is -0.363 e. The molecule has 26 heavy (non-hydrogen) atoms. The van der Waals surface area contributed by atoms with Crippen molar-refractivity contribution in [2.45, 2.75) is 63.5 Å². The second-order valence-corrected chi connectivity index (χ2v) is 8.31. The summed E-state index contributed by atoms with van der Waals surface area (Å²) in [4.78, 5) is 28.3. The molecule has 2 heterocycles. The molecule has 2 aliphatic carbocycles. The van der Waals surface area contributed by atoms with Crippen LogP contribution >= 0.6 is 0 Å². The molecule has 0 unspecified atom stereocenters. The van der Waals surface area contributed by atoms with Gasteiger partial charge in [0, 0.05) is 51.3 Å². The molecule has 0 atom stereocenters. The smallest absolute Gasteiger partial charge is 0.225 e. The zero-order valence-electron chi connectivity index (χ0n) is 16.1. The van der Waals surface area contributed by atoms with Gasteiger partial charge < -0.3 is 14.7 Å². The van der Waals surface area contributed by atoms with Crippen molar-refractivity contribution in [2.24, 2.45) is 5.92 Å². The second-order valence-electron chi connectivity index (χ2n) is 8.31. The molecule has 1 aliphatic heterocycles. The van der Waals surface area contributed by atoms with Crippen molar-refractivity contribution in [3.63, 3.8) is 0 Å². The Kier molecular flexibility index (Phi) is 5.00. The fraction of sp³-hybridized carbons (Fsp3) is 0.750. The van der Waals surface area contributed by atoms with Gasteiger partial charge in [0.15, 0.2) is 0 Å². The Hall–Kier alpha value is -1.85. The van der Waals surface area contributed by atoms with Gasteiger partial charge in [0.05, 0.1) is 0 Å². The van der Waals surface area contributed by atoms with Gasteiger partial charge in [0.1, 0.15) is 18.0 Å². The summed E-state index contributed by atoms with van der Waals surface area (Å²) < 4.78 is 0. The van der Waals surface area contributed by atoms with Crippen LogP contribution in [0.1, 0.15) is 51.4 Å². The van der Waals surface area contributed by atoms with Crippen molar-refractivity contribution in [1.29, 1.82) is 0 Å². The summed E-state index contributed by atoms with van der Waals surface area (Å²) >= 11 is 0. The van der Waals surface area contributed by atoms with E-state index in [1.807, 2.05) is 19.0 Å². The van der Waals surface area contributed by atoms with Crippen LogP contribution in [0.2, 0.25) is 0 Å². The van der Waals surface area contributed by atoms with Crippen LogP contribution in [-0.4, -0.2) is 60.0 Å². The largest absolute Gasteiger partial charge is 0.363 e. The number of amides is 1. The summed E-state index contributed by atoms with van der Waals surface area (Å²) in [6.07, 6.45) is 10.9. The van der Waals surface area contributed by atoms with E-state index < -0.39 is 0 Å². The first kappa shape index (κ1) is 17.6. The summed E-state index contributed by atoms with van der Waals surface area (Å²) in [5.74, 6) is 2.72. The number of aromatic nitrogens is 2. The van der Waals surface area contributed by atoms with Gasteiger partial charge >= 0.3 is 0 Å². The van der Waals surface area contributed by atoms with Crippen molar-refractivity contribution < 1.29 is 4.79 Å². The van der Waals surface area contributed by atoms with Crippen LogP contribution in [0.5, 0.6) is 0 Å². The first-order valence-corrected chi connectivity index (χ1v) is 10.2. The molecule has 0 N–H and O–H groups in total. The highest BCUT2D eigenvalue weighted by atomic mass is 16.2. The molecule has 0 radical (unpaired) electrons. The van der Waals surface area contributed by atoms with E-state index in [0.717, 1.165) is 50.4 Å². The zero-order valence-corrected chi connectivity index (χ0v) is 16.1. The fourth-order valence-electron chi connectivity index (χ4n) is 4.54. The summed E-state index contributed by atoms with van der Waals surface area (Å²) in [7, 11) is 4.03. The molecule has 0 bridgehead atoms. The quantitative estimate of drug-likeness (QED) is 0.811. The summed E-state index contributed by atoms with van der Waals surface area (Å²) in [5.41, 5.74) is 0. The van der Waals surface area contributed by atoms with Crippen molar-refractivity contribution in [3.05, 3.63) is 12.4 Å². The molecule has 4 rings (SSSR count). The summed E-state index contributed by atoms with van der Waals surface area (Å²) in [6.45, 7) is 1.80. The lowest BCUT2D eigenvalue weighted by atomic mass is 9.99. The lowest BCUT2D eigenvalue weighted by Gasteiger charge is -2.40. The van der Waals surface area contributed by atoms with Gasteiger partial charge in [-0.3, -0.25) is 4.79 Å². The van der Waals surface area contributed by atoms with Gasteiger partial charge in [-0.25, -0.2) is 9.97 Å². The molecule has 0 aromatic carbocycles. The molecule has 1 aromatic rings. The maximum Gasteiger partial charge on any atom is 0.225 e. The first-order valence-electron chi connectivity index (χ1n) is 10.2. The first-order chi connectivity index (χ1) is 12.6. The zero-order chi connectivity index (χ0) is 18.1. The van der Waals surface area contributed by atoms with Gasteiger partial charge in [-0.15, -0.1) is 0 Å². The standard InChI is InChI=1S/C20H31N5O/c1-23(2)18-13-19(22-14-21-18)25(16-7-8-16)17-9-11-24(12-10-17)20(26)15-5-3-4-6-15/h13-17H,3-12H2,1-2H3. The number of carbonyl (C=O) groups is 1. The van der Waals surface area contributed by atoms with Crippen LogP contribution in [0.4, 0.5) is 11.6 Å². The molecule has 1 amide bonds. The van der Waals surface area contributed by atoms with E-state index in [-0.39, 0.29) is 0 Å². The number of nitrogens with zero attached hydrogens (tertiary/aromatic N) is 5. The van der Waals surface area contributed by atoms with Crippen LogP contribution in [0, 0.1) is 5.92 Å². The molecule has 3 aliphatic rings. The van der Waals surface area contributed by atoms with E-state index in [4.69, 9.17) is 0 Å². The predicted octanol–water partition coefficient (Wildman–Crippen LogP) is 2.69. The Morgan fingerprint density at radius 3 is 2.19 bits per heavy atom. The number of hydrogen-bond acceptors (Lipinski definition) is 5. The second kappa shape index (κ2) is 7.41. The predicted molar refractivity (Wildman–Crippen MR) is 103 cm³/mol. The molecule has 1 saturated heterocycles. The maximum atomic E-state index is 12.7. The van der Waals surface area contributed by atoms with Crippen LogP contribution in [0.15, 0.2) is 12.4 Å². The van der Waals surface area contributed by atoms with Crippen molar-refractivity contribution in [2.75, 3.05) is 37.0 Å². The Balaban J connectivity index is 1.43. The van der Waals surface area contributed by atoms with Gasteiger partial charge in [-0.2, -0.15) is 0 Å². The molecule has 6 nitrogen and oxygen atoms in total. The molecule has 0 spiro atoms. The molecule has 2 saturated carbocycles. The summed E-state index contributed by atoms with van der Waals surface area (Å²) in [5, 5.41) is 0. The van der Waals surface area contributed by atoms with Gasteiger partial charge in [-0.1, -0.05) is 12.8 Å². The fourth-order valence-corrected chi connectivity index (χ4v) is 4.54. The normalized spacial score (nSPS) is 21.8. The Morgan fingerprint density at radius 1 is 0.962 bits per heavy atom. The third-order valence-corrected chi connectivity index (χ3v) is 6.18. The van der Waals surface area contributed by atoms with Gasteiger partial charge in [0.2, 0.25) is 5.91 Å². The molecule has 1 aromatic heterocycles. The highest BCUT2D eigenvalue weighted by molar-refractivity contribution is 5.79. The molecular weight excluding hydrogens is 326 g/mol. The van der Waals surface area contributed by atoms with E-state index >= 15 is 0 Å². The lowest BCUT2D eigenvalue weighted by Crippen LogP contribution is -2.49. The molecule has 6 heteroatoms. The average molecular weight is 358 g/mol. The third kappa shape index (κ3) is 3.64. The topological polar surface area (TPSA) is 52.6 Å². The van der Waals surface area contributed by atoms with Crippen LogP contribution in [-0.2, 0) is 4.79 Å². The number of piperidine rings is 1. The number of hydrogen-bond donors (Lipinski definition) is 0. The van der Waals surface area contributed by atoms with E-state index in [1.165, 1.54) is 25.7 Å². The van der Waals surface area contributed by atoms with E-state index in [2.05, 4.69) is 25.8 Å². The van der Waals surface area contributed by atoms with Gasteiger partial charge in [0.25, 0.3) is 0 Å². The Labute approximate surface area is 156 Å². The van der Waals surface area contributed by atoms with Crippen molar-refractivity contribution >= 4 is 17.5 Å². The van der Waals surface area contributed by atoms with E-state index in [1.54, 1.807) is 6.33 Å². The van der Waals surface area contributed by atoms with E-state index in [0.29, 0.717) is 23.9 Å². The minimum atomic E-state index is 0.301. The monoisotopic (exact) mass is 357 g/mol. The molecular formula is C20H31N5O. The number of rotatable bonds is 5. The Morgan fingerprint density at radius 2 is 1.58 bits per heavy atom. The number of carbonyl (C=O) groups excluding carboxylic acids is 1. The highest BCUT2D eigenvalue weighted by Crippen LogP contribution is 2.36.